The number of likely N-dealkylation sites (tertiary alicyclic amines) is 1. The average molecular weight is 358 g/mol. The molecule has 136 valence electrons. The predicted octanol–water partition coefficient (Wildman–Crippen LogP) is 2.40. The fourth-order valence-electron chi connectivity index (χ4n) is 2.97. The van der Waals surface area contributed by atoms with E-state index < -0.39 is 6.09 Å². The van der Waals surface area contributed by atoms with Crippen molar-refractivity contribution in [3.8, 4) is 11.4 Å². The Kier molecular flexibility index (Phi) is 5.40. The van der Waals surface area contributed by atoms with E-state index in [1.807, 2.05) is 0 Å². The highest BCUT2D eigenvalue weighted by atomic mass is 19.1. The van der Waals surface area contributed by atoms with Gasteiger partial charge in [-0.3, -0.25) is 4.79 Å². The molecule has 1 saturated heterocycles. The Morgan fingerprint density at radius 2 is 2.08 bits per heavy atom. The van der Waals surface area contributed by atoms with E-state index in [0.717, 1.165) is 12.8 Å². The van der Waals surface area contributed by atoms with Crippen molar-refractivity contribution in [1.29, 1.82) is 0 Å². The third-order valence-corrected chi connectivity index (χ3v) is 4.34. The van der Waals surface area contributed by atoms with Crippen LogP contribution in [0.2, 0.25) is 0 Å². The summed E-state index contributed by atoms with van der Waals surface area (Å²) in [5, 5.41) is 11.8. The first-order valence-electron chi connectivity index (χ1n) is 8.37. The summed E-state index contributed by atoms with van der Waals surface area (Å²) < 4.78 is 13.3. The number of nitrogens with one attached hydrogen (secondary N) is 1. The summed E-state index contributed by atoms with van der Waals surface area (Å²) in [7, 11) is 0. The highest BCUT2D eigenvalue weighted by Gasteiger charge is 2.23. The third-order valence-electron chi connectivity index (χ3n) is 4.34. The number of halogens is 1. The molecule has 1 atom stereocenters. The molecule has 1 aliphatic heterocycles. The lowest BCUT2D eigenvalue weighted by molar-refractivity contribution is 0.0928. The van der Waals surface area contributed by atoms with E-state index in [1.165, 1.54) is 29.4 Å². The maximum atomic E-state index is 13.3. The topological polar surface area (TPSA) is 95.4 Å². The molecule has 0 saturated carbocycles. The van der Waals surface area contributed by atoms with Gasteiger partial charge in [0.25, 0.3) is 5.91 Å². The first-order chi connectivity index (χ1) is 12.5. The van der Waals surface area contributed by atoms with Crippen molar-refractivity contribution in [2.45, 2.75) is 12.8 Å². The van der Waals surface area contributed by atoms with Crippen molar-refractivity contribution in [3.63, 3.8) is 0 Å². The Hall–Kier alpha value is -3.03. The second-order valence-electron chi connectivity index (χ2n) is 6.25. The van der Waals surface area contributed by atoms with Gasteiger partial charge in [0.05, 0.1) is 5.56 Å². The maximum absolute atomic E-state index is 13.3. The molecule has 1 unspecified atom stereocenters. The van der Waals surface area contributed by atoms with Crippen LogP contribution in [0.4, 0.5) is 9.18 Å². The van der Waals surface area contributed by atoms with Crippen LogP contribution < -0.4 is 5.32 Å². The van der Waals surface area contributed by atoms with E-state index in [1.54, 1.807) is 12.1 Å². The first kappa shape index (κ1) is 17.8. The molecular formula is C18H19FN4O3. The zero-order valence-electron chi connectivity index (χ0n) is 14.1. The molecule has 2 amide bonds. The second-order valence-corrected chi connectivity index (χ2v) is 6.25. The van der Waals surface area contributed by atoms with Gasteiger partial charge in [0, 0.05) is 37.6 Å². The van der Waals surface area contributed by atoms with E-state index in [4.69, 9.17) is 5.11 Å². The number of rotatable bonds is 4. The molecule has 1 aromatic carbocycles. The van der Waals surface area contributed by atoms with Crippen molar-refractivity contribution < 1.29 is 19.1 Å². The third kappa shape index (κ3) is 4.33. The number of benzene rings is 1. The number of hydrogen-bond acceptors (Lipinski definition) is 4. The van der Waals surface area contributed by atoms with Crippen LogP contribution in [-0.4, -0.2) is 51.6 Å². The molecule has 3 rings (SSSR count). The van der Waals surface area contributed by atoms with E-state index >= 15 is 0 Å². The molecule has 0 radical (unpaired) electrons. The van der Waals surface area contributed by atoms with Crippen molar-refractivity contribution >= 4 is 12.0 Å². The van der Waals surface area contributed by atoms with Gasteiger partial charge < -0.3 is 15.3 Å². The van der Waals surface area contributed by atoms with Crippen molar-refractivity contribution in [2.24, 2.45) is 5.92 Å². The zero-order valence-corrected chi connectivity index (χ0v) is 14.1. The Morgan fingerprint density at radius 3 is 2.77 bits per heavy atom. The summed E-state index contributed by atoms with van der Waals surface area (Å²) in [6.45, 7) is 1.36. The summed E-state index contributed by atoms with van der Waals surface area (Å²) in [4.78, 5) is 32.9. The molecule has 2 N–H and O–H groups in total. The molecule has 0 aliphatic carbocycles. The number of piperidine rings is 1. The fourth-order valence-corrected chi connectivity index (χ4v) is 2.97. The van der Waals surface area contributed by atoms with Gasteiger partial charge in [-0.15, -0.1) is 0 Å². The smallest absolute Gasteiger partial charge is 0.407 e. The Balaban J connectivity index is 1.57. The van der Waals surface area contributed by atoms with Gasteiger partial charge in [0.2, 0.25) is 0 Å². The second kappa shape index (κ2) is 7.90. The summed E-state index contributed by atoms with van der Waals surface area (Å²) >= 11 is 0. The molecule has 1 aromatic heterocycles. The van der Waals surface area contributed by atoms with Crippen molar-refractivity contribution in [1.82, 2.24) is 20.2 Å². The number of hydrogen-bond donors (Lipinski definition) is 2. The van der Waals surface area contributed by atoms with Crippen LogP contribution in [0.15, 0.2) is 36.7 Å². The highest BCUT2D eigenvalue weighted by Crippen LogP contribution is 2.17. The van der Waals surface area contributed by atoms with Crippen LogP contribution >= 0.6 is 0 Å². The lowest BCUT2D eigenvalue weighted by atomic mass is 9.98. The Morgan fingerprint density at radius 1 is 1.31 bits per heavy atom. The standard InChI is InChI=1S/C18H19FN4O3/c19-15-5-1-4-13(7-15)16-20-9-14(10-21-16)17(24)22-8-12-3-2-6-23(11-12)18(25)26/h1,4-5,7,9-10,12H,2-3,6,8,11H2,(H,22,24)(H,25,26). The number of nitrogens with zero attached hydrogens (tertiary/aromatic N) is 3. The molecule has 7 nitrogen and oxygen atoms in total. The highest BCUT2D eigenvalue weighted by molar-refractivity contribution is 5.93. The van der Waals surface area contributed by atoms with Gasteiger partial charge in [0.1, 0.15) is 5.82 Å². The fraction of sp³-hybridized carbons (Fsp3) is 0.333. The lowest BCUT2D eigenvalue weighted by Crippen LogP contribution is -2.43. The van der Waals surface area contributed by atoms with E-state index in [9.17, 15) is 14.0 Å². The van der Waals surface area contributed by atoms with Crippen LogP contribution in [0.25, 0.3) is 11.4 Å². The average Bonchev–Trinajstić information content (AvgIpc) is 2.66. The Bertz CT molecular complexity index is 797. The molecule has 1 fully saturated rings. The normalized spacial score (nSPS) is 17.0. The monoisotopic (exact) mass is 358 g/mol. The van der Waals surface area contributed by atoms with Gasteiger partial charge in [-0.2, -0.15) is 0 Å². The molecule has 2 aromatic rings. The van der Waals surface area contributed by atoms with Gasteiger partial charge >= 0.3 is 6.09 Å². The van der Waals surface area contributed by atoms with Crippen LogP contribution in [-0.2, 0) is 0 Å². The number of amides is 2. The molecule has 26 heavy (non-hydrogen) atoms. The van der Waals surface area contributed by atoms with Crippen molar-refractivity contribution in [3.05, 3.63) is 48.0 Å². The molecule has 0 spiro atoms. The number of carboxylic acid groups (broad SMARTS) is 1. The van der Waals surface area contributed by atoms with Crippen LogP contribution in [0.5, 0.6) is 0 Å². The van der Waals surface area contributed by atoms with E-state index in [0.29, 0.717) is 36.6 Å². The van der Waals surface area contributed by atoms with E-state index in [-0.39, 0.29) is 17.6 Å². The Labute approximate surface area is 149 Å². The number of carbonyl (C=O) groups excluding carboxylic acids is 1. The summed E-state index contributed by atoms with van der Waals surface area (Å²) in [5.41, 5.74) is 0.837. The van der Waals surface area contributed by atoms with Gasteiger partial charge in [-0.1, -0.05) is 12.1 Å². The zero-order chi connectivity index (χ0) is 18.5. The van der Waals surface area contributed by atoms with Crippen molar-refractivity contribution in [2.75, 3.05) is 19.6 Å². The van der Waals surface area contributed by atoms with Gasteiger partial charge in [-0.25, -0.2) is 19.2 Å². The molecule has 2 heterocycles. The lowest BCUT2D eigenvalue weighted by Gasteiger charge is -2.30. The molecular weight excluding hydrogens is 339 g/mol. The van der Waals surface area contributed by atoms with Gasteiger partial charge in [0.15, 0.2) is 5.82 Å². The summed E-state index contributed by atoms with van der Waals surface area (Å²) in [6.07, 6.45) is 3.53. The predicted molar refractivity (Wildman–Crippen MR) is 92.1 cm³/mol. The summed E-state index contributed by atoms with van der Waals surface area (Å²) in [5.74, 6) is -0.263. The first-order valence-corrected chi connectivity index (χ1v) is 8.37. The van der Waals surface area contributed by atoms with Crippen LogP contribution in [0.3, 0.4) is 0 Å². The summed E-state index contributed by atoms with van der Waals surface area (Å²) in [6, 6.07) is 5.92. The SMILES string of the molecule is O=C(NCC1CCCN(C(=O)O)C1)c1cnc(-c2cccc(F)c2)nc1. The largest absolute Gasteiger partial charge is 0.465 e. The quantitative estimate of drug-likeness (QED) is 0.875. The minimum Gasteiger partial charge on any atom is -0.465 e. The number of aromatic nitrogens is 2. The van der Waals surface area contributed by atoms with Gasteiger partial charge in [-0.05, 0) is 30.9 Å². The minimum atomic E-state index is -0.928. The van der Waals surface area contributed by atoms with E-state index in [2.05, 4.69) is 15.3 Å². The maximum Gasteiger partial charge on any atom is 0.407 e. The molecule has 8 heteroatoms. The minimum absolute atomic E-state index is 0.0938. The van der Waals surface area contributed by atoms with Crippen LogP contribution in [0, 0.1) is 11.7 Å². The van der Waals surface area contributed by atoms with Crippen LogP contribution in [0.1, 0.15) is 23.2 Å². The number of carbonyl (C=O) groups is 2. The molecule has 0 bridgehead atoms. The molecule has 1 aliphatic rings.